The van der Waals surface area contributed by atoms with E-state index in [1.165, 1.54) is 24.3 Å². The Bertz CT molecular complexity index is 713. The lowest BCUT2D eigenvalue weighted by Crippen LogP contribution is -2.61. The first-order valence-electron chi connectivity index (χ1n) is 7.54. The number of Topliss-reactive ketones (excluding diaryl/α,β-unsaturated/α-hetero) is 3. The third-order valence-corrected chi connectivity index (χ3v) is 4.26. The molecule has 1 aliphatic heterocycles. The maximum atomic E-state index is 12.5. The predicted octanol–water partition coefficient (Wildman–Crippen LogP) is -2.18. The van der Waals surface area contributed by atoms with E-state index in [0.29, 0.717) is 0 Å². The number of carbonyl (C=O) groups excluding carboxylic acids is 3. The highest BCUT2D eigenvalue weighted by Gasteiger charge is 2.48. The fraction of sp³-hybridized carbons (Fsp3) is 0.438. The number of aliphatic hydroxyl groups is 4. The van der Waals surface area contributed by atoms with Crippen molar-refractivity contribution in [1.82, 2.24) is 0 Å². The normalized spacial score (nSPS) is 35.6. The highest BCUT2D eigenvalue weighted by atomic mass is 16.7. The Balaban J connectivity index is 1.86. The number of fused-ring (bicyclic) bond motifs is 1. The molecule has 9 nitrogen and oxygen atoms in total. The molecule has 3 rings (SSSR count). The van der Waals surface area contributed by atoms with Crippen molar-refractivity contribution in [2.24, 2.45) is 0 Å². The van der Waals surface area contributed by atoms with Gasteiger partial charge in [0.2, 0.25) is 17.3 Å². The molecule has 1 aromatic rings. The zero-order valence-corrected chi connectivity index (χ0v) is 12.8. The maximum Gasteiger partial charge on any atom is 0.240 e. The van der Waals surface area contributed by atoms with E-state index >= 15 is 0 Å². The van der Waals surface area contributed by atoms with Gasteiger partial charge in [0.15, 0.2) is 12.4 Å². The van der Waals surface area contributed by atoms with Crippen molar-refractivity contribution in [2.45, 2.75) is 36.8 Å². The summed E-state index contributed by atoms with van der Waals surface area (Å²) in [7, 11) is 0. The molecule has 25 heavy (non-hydrogen) atoms. The molecule has 0 radical (unpaired) electrons. The van der Waals surface area contributed by atoms with Crippen molar-refractivity contribution in [3.8, 4) is 0 Å². The topological polar surface area (TPSA) is 151 Å². The molecule has 9 heteroatoms. The van der Waals surface area contributed by atoms with E-state index in [9.17, 15) is 29.7 Å². The van der Waals surface area contributed by atoms with Gasteiger partial charge in [-0.2, -0.15) is 0 Å². The third kappa shape index (κ3) is 2.91. The van der Waals surface area contributed by atoms with Crippen LogP contribution in [0.1, 0.15) is 20.7 Å². The summed E-state index contributed by atoms with van der Waals surface area (Å²) >= 11 is 0. The average Bonchev–Trinajstić information content (AvgIpc) is 2.63. The van der Waals surface area contributed by atoms with E-state index in [4.69, 9.17) is 14.6 Å². The molecule has 4 N–H and O–H groups in total. The summed E-state index contributed by atoms with van der Waals surface area (Å²) in [6, 6.07) is 5.74. The number of rotatable bonds is 3. The van der Waals surface area contributed by atoms with Crippen LogP contribution in [0.2, 0.25) is 0 Å². The molecular weight excluding hydrogens is 336 g/mol. The highest BCUT2D eigenvalue weighted by Crippen LogP contribution is 2.27. The molecule has 1 heterocycles. The smallest absolute Gasteiger partial charge is 0.240 e. The van der Waals surface area contributed by atoms with E-state index in [1.807, 2.05) is 0 Å². The molecule has 1 aromatic carbocycles. The van der Waals surface area contributed by atoms with Crippen LogP contribution in [0.4, 0.5) is 0 Å². The highest BCUT2D eigenvalue weighted by molar-refractivity contribution is 6.53. The Morgan fingerprint density at radius 3 is 2.20 bits per heavy atom. The van der Waals surface area contributed by atoms with Crippen LogP contribution in [0.3, 0.4) is 0 Å². The zero-order chi connectivity index (χ0) is 18.3. The number of aliphatic hydroxyl groups excluding tert-OH is 4. The van der Waals surface area contributed by atoms with Crippen molar-refractivity contribution in [2.75, 3.05) is 6.61 Å². The first-order valence-corrected chi connectivity index (χ1v) is 7.54. The van der Waals surface area contributed by atoms with Crippen LogP contribution >= 0.6 is 0 Å². The number of benzene rings is 1. The monoisotopic (exact) mass is 352 g/mol. The van der Waals surface area contributed by atoms with E-state index in [1.54, 1.807) is 0 Å². The zero-order valence-electron chi connectivity index (χ0n) is 12.8. The second kappa shape index (κ2) is 6.71. The summed E-state index contributed by atoms with van der Waals surface area (Å²) in [4.78, 5) is 36.8. The fourth-order valence-corrected chi connectivity index (χ4v) is 2.85. The number of hydrogen-bond donors (Lipinski definition) is 4. The second-order valence-electron chi connectivity index (χ2n) is 5.82. The molecule has 1 saturated heterocycles. The van der Waals surface area contributed by atoms with Crippen LogP contribution in [0.5, 0.6) is 0 Å². The lowest BCUT2D eigenvalue weighted by molar-refractivity contribution is -0.304. The molecule has 1 aliphatic carbocycles. The van der Waals surface area contributed by atoms with Crippen molar-refractivity contribution >= 4 is 17.3 Å². The lowest BCUT2D eigenvalue weighted by Gasteiger charge is -2.40. The van der Waals surface area contributed by atoms with E-state index in [-0.39, 0.29) is 11.1 Å². The molecule has 0 spiro atoms. The quantitative estimate of drug-likeness (QED) is 0.351. The summed E-state index contributed by atoms with van der Waals surface area (Å²) in [6.07, 6.45) is -9.92. The Morgan fingerprint density at radius 1 is 0.920 bits per heavy atom. The number of ether oxygens (including phenoxy) is 2. The number of ketones is 3. The predicted molar refractivity (Wildman–Crippen MR) is 78.8 cm³/mol. The van der Waals surface area contributed by atoms with E-state index in [2.05, 4.69) is 0 Å². The van der Waals surface area contributed by atoms with Gasteiger partial charge in [-0.1, -0.05) is 24.3 Å². The first-order chi connectivity index (χ1) is 11.9. The van der Waals surface area contributed by atoms with E-state index in [0.717, 1.165) is 0 Å². The van der Waals surface area contributed by atoms with Gasteiger partial charge in [-0.3, -0.25) is 14.4 Å². The van der Waals surface area contributed by atoms with Gasteiger partial charge in [0.05, 0.1) is 6.61 Å². The SMILES string of the molecule is O=C1C(=O)C(O[C@H]2O[C@@H](CO)[C@@H](O)[C@@H](O)[C@H]2O)C(=O)c2ccccc21. The summed E-state index contributed by atoms with van der Waals surface area (Å²) < 4.78 is 10.3. The van der Waals surface area contributed by atoms with Crippen molar-refractivity contribution < 1.29 is 44.3 Å². The fourth-order valence-electron chi connectivity index (χ4n) is 2.85. The maximum absolute atomic E-state index is 12.5. The van der Waals surface area contributed by atoms with Gasteiger partial charge in [0, 0.05) is 11.1 Å². The van der Waals surface area contributed by atoms with Gasteiger partial charge in [-0.15, -0.1) is 0 Å². The minimum Gasteiger partial charge on any atom is -0.394 e. The molecule has 0 amide bonds. The summed E-state index contributed by atoms with van der Waals surface area (Å²) in [5.41, 5.74) is -0.0344. The van der Waals surface area contributed by atoms with Crippen LogP contribution in [0.25, 0.3) is 0 Å². The van der Waals surface area contributed by atoms with Crippen LogP contribution < -0.4 is 0 Å². The molecule has 0 saturated carbocycles. The van der Waals surface area contributed by atoms with E-state index < -0.39 is 60.8 Å². The molecule has 0 aromatic heterocycles. The van der Waals surface area contributed by atoms with Gasteiger partial charge < -0.3 is 29.9 Å². The number of carbonyl (C=O) groups is 3. The second-order valence-corrected chi connectivity index (χ2v) is 5.82. The van der Waals surface area contributed by atoms with Gasteiger partial charge in [-0.25, -0.2) is 0 Å². The Hall–Kier alpha value is -2.01. The standard InChI is InChI=1S/C16H16O9/c17-5-8-11(20)12(21)14(23)16(24-8)25-15-10(19)7-4-2-1-3-6(7)9(18)13(15)22/h1-4,8,11-12,14-17,20-21,23H,5H2/t8-,11+,12+,14+,15?,16+/m0/s1. The van der Waals surface area contributed by atoms with Crippen LogP contribution in [0.15, 0.2) is 24.3 Å². The molecule has 6 atom stereocenters. The minimum atomic E-state index is -1.84. The lowest BCUT2D eigenvalue weighted by atomic mass is 9.86. The van der Waals surface area contributed by atoms with Crippen molar-refractivity contribution in [3.05, 3.63) is 35.4 Å². The molecule has 134 valence electrons. The third-order valence-electron chi connectivity index (χ3n) is 4.26. The van der Waals surface area contributed by atoms with Gasteiger partial charge in [0.1, 0.15) is 24.4 Å². The van der Waals surface area contributed by atoms with Crippen molar-refractivity contribution in [3.63, 3.8) is 0 Å². The molecule has 0 bridgehead atoms. The summed E-state index contributed by atoms with van der Waals surface area (Å²) in [5, 5.41) is 38.5. The minimum absolute atomic E-state index is 0.00157. The van der Waals surface area contributed by atoms with Gasteiger partial charge in [-0.05, 0) is 0 Å². The Morgan fingerprint density at radius 2 is 1.56 bits per heavy atom. The van der Waals surface area contributed by atoms with Crippen LogP contribution in [0, 0.1) is 0 Å². The Labute approximate surface area is 141 Å². The molecular formula is C16H16O9. The molecule has 1 unspecified atom stereocenters. The first kappa shape index (κ1) is 17.8. The average molecular weight is 352 g/mol. The molecule has 1 fully saturated rings. The van der Waals surface area contributed by atoms with Crippen molar-refractivity contribution in [1.29, 1.82) is 0 Å². The summed E-state index contributed by atoms with van der Waals surface area (Å²) in [6.45, 7) is -0.695. The van der Waals surface area contributed by atoms with Gasteiger partial charge in [0.25, 0.3) is 0 Å². The van der Waals surface area contributed by atoms with Crippen LogP contribution in [-0.4, -0.2) is 81.2 Å². The summed E-state index contributed by atoms with van der Waals surface area (Å²) in [5.74, 6) is -2.82. The largest absolute Gasteiger partial charge is 0.394 e. The molecule has 2 aliphatic rings. The van der Waals surface area contributed by atoms with Crippen LogP contribution in [-0.2, 0) is 14.3 Å². The Kier molecular flexibility index (Phi) is 4.78. The van der Waals surface area contributed by atoms with Gasteiger partial charge >= 0.3 is 0 Å². The number of hydrogen-bond acceptors (Lipinski definition) is 9.